The summed E-state index contributed by atoms with van der Waals surface area (Å²) in [4.78, 5) is 11.5. The highest BCUT2D eigenvalue weighted by Gasteiger charge is 2.27. The molecule has 2 aromatic rings. The molecule has 1 fully saturated rings. The van der Waals surface area contributed by atoms with Crippen LogP contribution in [0.1, 0.15) is 37.1 Å². The quantitative estimate of drug-likeness (QED) is 0.904. The Balaban J connectivity index is 1.98. The van der Waals surface area contributed by atoms with E-state index in [1.54, 1.807) is 0 Å². The molecule has 21 heavy (non-hydrogen) atoms. The number of para-hydroxylation sites is 1. The highest BCUT2D eigenvalue weighted by molar-refractivity contribution is 5.64. The summed E-state index contributed by atoms with van der Waals surface area (Å²) in [6.07, 6.45) is 2.42. The molecule has 110 valence electrons. The average Bonchev–Trinajstić information content (AvgIpc) is 3.32. The summed E-state index contributed by atoms with van der Waals surface area (Å²) < 4.78 is 0. The summed E-state index contributed by atoms with van der Waals surface area (Å²) >= 11 is 0. The minimum absolute atomic E-state index is 0.549. The first-order valence-corrected chi connectivity index (χ1v) is 7.61. The van der Waals surface area contributed by atoms with Crippen molar-refractivity contribution in [3.8, 4) is 0 Å². The Morgan fingerprint density at radius 2 is 2.00 bits per heavy atom. The predicted molar refractivity (Wildman–Crippen MR) is 87.4 cm³/mol. The fourth-order valence-electron chi connectivity index (χ4n) is 2.48. The first-order valence-electron chi connectivity index (χ1n) is 7.61. The molecule has 0 amide bonds. The van der Waals surface area contributed by atoms with Gasteiger partial charge >= 0.3 is 0 Å². The highest BCUT2D eigenvalue weighted by atomic mass is 15.2. The number of benzene rings is 1. The maximum Gasteiger partial charge on any atom is 0.138 e. The van der Waals surface area contributed by atoms with Crippen LogP contribution in [0, 0.1) is 6.92 Å². The van der Waals surface area contributed by atoms with Crippen molar-refractivity contribution in [2.45, 2.75) is 32.6 Å². The lowest BCUT2D eigenvalue weighted by atomic mass is 10.2. The van der Waals surface area contributed by atoms with Crippen molar-refractivity contribution in [2.24, 2.45) is 0 Å². The largest absolute Gasteiger partial charge is 0.370 e. The van der Waals surface area contributed by atoms with E-state index in [1.807, 2.05) is 6.07 Å². The molecule has 1 N–H and O–H groups in total. The molecular weight excluding hydrogens is 260 g/mol. The van der Waals surface area contributed by atoms with E-state index in [2.05, 4.69) is 60.4 Å². The Morgan fingerprint density at radius 3 is 2.67 bits per heavy atom. The molecule has 4 heteroatoms. The van der Waals surface area contributed by atoms with Crippen LogP contribution in [-0.4, -0.2) is 23.6 Å². The summed E-state index contributed by atoms with van der Waals surface area (Å²) in [5, 5.41) is 3.31. The molecule has 1 aliphatic rings. The molecule has 0 bridgehead atoms. The second-order valence-corrected chi connectivity index (χ2v) is 5.62. The van der Waals surface area contributed by atoms with Gasteiger partial charge in [-0.3, -0.25) is 0 Å². The summed E-state index contributed by atoms with van der Waals surface area (Å²) in [5.41, 5.74) is 2.43. The molecule has 0 aliphatic heterocycles. The molecule has 0 spiro atoms. The van der Waals surface area contributed by atoms with Crippen LogP contribution in [0.2, 0.25) is 0 Å². The van der Waals surface area contributed by atoms with E-state index in [1.165, 1.54) is 24.1 Å². The molecule has 1 aromatic carbocycles. The molecule has 4 nitrogen and oxygen atoms in total. The van der Waals surface area contributed by atoms with Crippen LogP contribution in [0.5, 0.6) is 0 Å². The Bertz CT molecular complexity index is 634. The molecule has 1 saturated carbocycles. The second kappa shape index (κ2) is 5.72. The lowest BCUT2D eigenvalue weighted by Gasteiger charge is -2.21. The van der Waals surface area contributed by atoms with Crippen molar-refractivity contribution in [3.05, 3.63) is 41.7 Å². The monoisotopic (exact) mass is 282 g/mol. The lowest BCUT2D eigenvalue weighted by molar-refractivity contribution is 0.911. The number of anilines is 3. The molecule has 0 atom stereocenters. The Labute approximate surface area is 126 Å². The van der Waals surface area contributed by atoms with Gasteiger partial charge in [-0.05, 0) is 38.3 Å². The fourth-order valence-corrected chi connectivity index (χ4v) is 2.48. The van der Waals surface area contributed by atoms with Crippen molar-refractivity contribution in [3.63, 3.8) is 0 Å². The van der Waals surface area contributed by atoms with Gasteiger partial charge in [0.05, 0.1) is 0 Å². The van der Waals surface area contributed by atoms with Crippen molar-refractivity contribution in [1.29, 1.82) is 0 Å². The van der Waals surface area contributed by atoms with Gasteiger partial charge in [-0.25, -0.2) is 9.97 Å². The SMILES string of the molecule is CCNc1cc(N(C)c2ccccc2C)nc(C2CC2)n1. The number of aryl methyl sites for hydroxylation is 1. The predicted octanol–water partition coefficient (Wildman–Crippen LogP) is 3.86. The third-order valence-electron chi connectivity index (χ3n) is 3.85. The summed E-state index contributed by atoms with van der Waals surface area (Å²) in [5.74, 6) is 3.40. The number of hydrogen-bond donors (Lipinski definition) is 1. The van der Waals surface area contributed by atoms with E-state index in [-0.39, 0.29) is 0 Å². The third kappa shape index (κ3) is 2.99. The molecule has 1 aliphatic carbocycles. The number of aromatic nitrogens is 2. The standard InChI is InChI=1S/C17H22N4/c1-4-18-15-11-16(20-17(19-15)13-9-10-13)21(3)14-8-6-5-7-12(14)2/h5-8,11,13H,4,9-10H2,1-3H3,(H,18,19,20). The topological polar surface area (TPSA) is 41.0 Å². The maximum atomic E-state index is 4.77. The Morgan fingerprint density at radius 1 is 1.24 bits per heavy atom. The summed E-state index contributed by atoms with van der Waals surface area (Å²) in [7, 11) is 2.07. The highest BCUT2D eigenvalue weighted by Crippen LogP contribution is 2.39. The summed E-state index contributed by atoms with van der Waals surface area (Å²) in [6.45, 7) is 5.08. The van der Waals surface area contributed by atoms with Crippen molar-refractivity contribution < 1.29 is 0 Å². The number of hydrogen-bond acceptors (Lipinski definition) is 4. The zero-order valence-corrected chi connectivity index (χ0v) is 12.9. The van der Waals surface area contributed by atoms with Crippen LogP contribution in [0.15, 0.2) is 30.3 Å². The normalized spacial score (nSPS) is 14.0. The van der Waals surface area contributed by atoms with Gasteiger partial charge in [-0.15, -0.1) is 0 Å². The fraction of sp³-hybridized carbons (Fsp3) is 0.412. The number of nitrogens with one attached hydrogen (secondary N) is 1. The van der Waals surface area contributed by atoms with E-state index in [0.717, 1.165) is 24.0 Å². The van der Waals surface area contributed by atoms with Crippen LogP contribution in [0.3, 0.4) is 0 Å². The van der Waals surface area contributed by atoms with Crippen LogP contribution in [0.25, 0.3) is 0 Å². The van der Waals surface area contributed by atoms with E-state index in [4.69, 9.17) is 4.98 Å². The molecule has 0 radical (unpaired) electrons. The third-order valence-corrected chi connectivity index (χ3v) is 3.85. The van der Waals surface area contributed by atoms with E-state index in [0.29, 0.717) is 5.92 Å². The molecular formula is C17H22N4. The van der Waals surface area contributed by atoms with Crippen LogP contribution >= 0.6 is 0 Å². The first-order chi connectivity index (χ1) is 10.2. The van der Waals surface area contributed by atoms with Gasteiger partial charge in [-0.1, -0.05) is 18.2 Å². The Kier molecular flexibility index (Phi) is 3.78. The van der Waals surface area contributed by atoms with Gasteiger partial charge in [0, 0.05) is 31.3 Å². The molecule has 1 aromatic heterocycles. The van der Waals surface area contributed by atoms with E-state index >= 15 is 0 Å². The molecule has 0 unspecified atom stereocenters. The van der Waals surface area contributed by atoms with Crippen molar-refractivity contribution >= 4 is 17.3 Å². The summed E-state index contributed by atoms with van der Waals surface area (Å²) in [6, 6.07) is 10.4. The van der Waals surface area contributed by atoms with Gasteiger partial charge in [0.1, 0.15) is 17.5 Å². The van der Waals surface area contributed by atoms with Gasteiger partial charge in [-0.2, -0.15) is 0 Å². The van der Waals surface area contributed by atoms with Crippen LogP contribution in [-0.2, 0) is 0 Å². The second-order valence-electron chi connectivity index (χ2n) is 5.62. The van der Waals surface area contributed by atoms with Gasteiger partial charge in [0.15, 0.2) is 0 Å². The minimum atomic E-state index is 0.549. The Hall–Kier alpha value is -2.10. The number of nitrogens with zero attached hydrogens (tertiary/aromatic N) is 3. The number of rotatable bonds is 5. The van der Waals surface area contributed by atoms with Gasteiger partial charge in [0.2, 0.25) is 0 Å². The van der Waals surface area contributed by atoms with Crippen LogP contribution < -0.4 is 10.2 Å². The van der Waals surface area contributed by atoms with E-state index in [9.17, 15) is 0 Å². The zero-order valence-electron chi connectivity index (χ0n) is 12.9. The zero-order chi connectivity index (χ0) is 14.8. The van der Waals surface area contributed by atoms with Crippen molar-refractivity contribution in [1.82, 2.24) is 9.97 Å². The first kappa shape index (κ1) is 13.9. The molecule has 3 rings (SSSR count). The lowest BCUT2D eigenvalue weighted by Crippen LogP contribution is -2.15. The smallest absolute Gasteiger partial charge is 0.138 e. The van der Waals surface area contributed by atoms with Crippen LogP contribution in [0.4, 0.5) is 17.3 Å². The van der Waals surface area contributed by atoms with Crippen molar-refractivity contribution in [2.75, 3.05) is 23.8 Å². The minimum Gasteiger partial charge on any atom is -0.370 e. The van der Waals surface area contributed by atoms with Gasteiger partial charge in [0.25, 0.3) is 0 Å². The van der Waals surface area contributed by atoms with Gasteiger partial charge < -0.3 is 10.2 Å². The average molecular weight is 282 g/mol. The maximum absolute atomic E-state index is 4.77. The van der Waals surface area contributed by atoms with E-state index < -0.39 is 0 Å². The molecule has 0 saturated heterocycles. The molecule has 1 heterocycles.